The fourth-order valence-corrected chi connectivity index (χ4v) is 8.05. The van der Waals surface area contributed by atoms with Gasteiger partial charge in [0.15, 0.2) is 0 Å². The smallest absolute Gasteiger partial charge is 0.0626 e. The van der Waals surface area contributed by atoms with Crippen LogP contribution < -0.4 is 0 Å². The van der Waals surface area contributed by atoms with E-state index in [-0.39, 0.29) is 0 Å². The first kappa shape index (κ1) is 23.4. The van der Waals surface area contributed by atoms with Crippen molar-refractivity contribution in [2.45, 2.75) is 0 Å². The van der Waals surface area contributed by atoms with E-state index in [0.717, 1.165) is 4.47 Å². The fourth-order valence-electron chi connectivity index (χ4n) is 7.49. The van der Waals surface area contributed by atoms with Crippen molar-refractivity contribution in [3.05, 3.63) is 144 Å². The van der Waals surface area contributed by atoms with E-state index in [1.807, 2.05) is 0 Å². The Hall–Kier alpha value is -5.12. The first-order chi connectivity index (χ1) is 21.3. The largest absolute Gasteiger partial charge is 0.309 e. The van der Waals surface area contributed by atoms with Gasteiger partial charge in [0, 0.05) is 42.5 Å². The van der Waals surface area contributed by atoms with Gasteiger partial charge < -0.3 is 8.97 Å². The lowest BCUT2D eigenvalue weighted by atomic mass is 9.98. The van der Waals surface area contributed by atoms with Crippen LogP contribution in [0.5, 0.6) is 0 Å². The van der Waals surface area contributed by atoms with Gasteiger partial charge in [0.25, 0.3) is 0 Å². The first-order valence-corrected chi connectivity index (χ1v) is 15.4. The average Bonchev–Trinajstić information content (AvgIpc) is 3.58. The van der Waals surface area contributed by atoms with Crippen molar-refractivity contribution in [1.82, 2.24) is 8.97 Å². The molecule has 0 atom stereocenters. The summed E-state index contributed by atoms with van der Waals surface area (Å²) in [5.74, 6) is 0. The number of rotatable bonds is 2. The third kappa shape index (κ3) is 3.07. The van der Waals surface area contributed by atoms with E-state index in [4.69, 9.17) is 0 Å². The molecular weight excluding hydrogens is 588 g/mol. The zero-order valence-electron chi connectivity index (χ0n) is 23.1. The van der Waals surface area contributed by atoms with E-state index in [9.17, 15) is 0 Å². The molecule has 0 aliphatic heterocycles. The number of halogens is 1. The molecule has 0 aliphatic carbocycles. The monoisotopic (exact) mass is 610 g/mol. The van der Waals surface area contributed by atoms with Crippen molar-refractivity contribution >= 4 is 86.6 Å². The maximum absolute atomic E-state index is 3.91. The van der Waals surface area contributed by atoms with E-state index in [1.54, 1.807) is 0 Å². The van der Waals surface area contributed by atoms with Crippen LogP contribution in [0.25, 0.3) is 87.5 Å². The average molecular weight is 612 g/mol. The number of hydrogen-bond donors (Lipinski definition) is 0. The molecule has 0 N–H and O–H groups in total. The van der Waals surface area contributed by atoms with Gasteiger partial charge in [-0.2, -0.15) is 0 Å². The van der Waals surface area contributed by atoms with E-state index < -0.39 is 0 Å². The Morgan fingerprint density at radius 1 is 0.395 bits per heavy atom. The molecule has 3 aromatic heterocycles. The number of benzene rings is 7. The highest BCUT2D eigenvalue weighted by Crippen LogP contribution is 2.44. The Labute approximate surface area is 255 Å². The summed E-state index contributed by atoms with van der Waals surface area (Å²) in [5.41, 5.74) is 9.79. The molecule has 0 unspecified atom stereocenters. The Balaban J connectivity index is 1.27. The van der Waals surface area contributed by atoms with E-state index in [1.165, 1.54) is 87.5 Å². The number of fused-ring (bicyclic) bond motifs is 9. The normalized spacial score (nSPS) is 12.3. The topological polar surface area (TPSA) is 9.34 Å². The molecule has 3 heteroatoms. The highest BCUT2D eigenvalue weighted by atomic mass is 79.9. The van der Waals surface area contributed by atoms with Gasteiger partial charge >= 0.3 is 0 Å². The maximum Gasteiger partial charge on any atom is 0.0626 e. The number of nitrogens with zero attached hydrogens (tertiary/aromatic N) is 2. The lowest BCUT2D eigenvalue weighted by Gasteiger charge is -2.14. The maximum atomic E-state index is 3.91. The lowest BCUT2D eigenvalue weighted by Crippen LogP contribution is -1.94. The second-order valence-corrected chi connectivity index (χ2v) is 12.3. The van der Waals surface area contributed by atoms with Crippen LogP contribution >= 0.6 is 15.9 Å². The molecule has 0 radical (unpaired) electrons. The number of hydrogen-bond acceptors (Lipinski definition) is 0. The summed E-state index contributed by atoms with van der Waals surface area (Å²) < 4.78 is 6.02. The summed E-state index contributed by atoms with van der Waals surface area (Å²) in [7, 11) is 0. The summed E-state index contributed by atoms with van der Waals surface area (Å²) in [6.45, 7) is 0. The highest BCUT2D eigenvalue weighted by Gasteiger charge is 2.20. The first-order valence-electron chi connectivity index (χ1n) is 14.6. The van der Waals surface area contributed by atoms with Crippen LogP contribution in [0.3, 0.4) is 0 Å². The fraction of sp³-hybridized carbons (Fsp3) is 0. The molecule has 7 aromatic carbocycles. The van der Waals surface area contributed by atoms with Gasteiger partial charge in [-0.3, -0.25) is 0 Å². The van der Waals surface area contributed by atoms with Crippen LogP contribution in [0, 0.1) is 0 Å². The molecule has 43 heavy (non-hydrogen) atoms. The molecule has 0 saturated heterocycles. The van der Waals surface area contributed by atoms with Gasteiger partial charge in [0.1, 0.15) is 0 Å². The minimum absolute atomic E-state index is 1.14. The van der Waals surface area contributed by atoms with Gasteiger partial charge in [-0.05, 0) is 64.4 Å². The quantitative estimate of drug-likeness (QED) is 0.136. The van der Waals surface area contributed by atoms with Gasteiger partial charge in [0.05, 0.1) is 27.6 Å². The second kappa shape index (κ2) is 8.47. The third-order valence-corrected chi connectivity index (χ3v) is 9.95. The zero-order valence-corrected chi connectivity index (χ0v) is 24.6. The van der Waals surface area contributed by atoms with E-state index in [0.29, 0.717) is 0 Å². The van der Waals surface area contributed by atoms with Crippen LogP contribution in [0.2, 0.25) is 0 Å². The van der Waals surface area contributed by atoms with Gasteiger partial charge in [-0.25, -0.2) is 0 Å². The minimum Gasteiger partial charge on any atom is -0.309 e. The number of pyridine rings is 1. The summed E-state index contributed by atoms with van der Waals surface area (Å²) in [5, 5.41) is 10.2. The molecule has 0 amide bonds. The minimum atomic E-state index is 1.14. The van der Waals surface area contributed by atoms with E-state index >= 15 is 0 Å². The van der Waals surface area contributed by atoms with Crippen LogP contribution in [0.15, 0.2) is 144 Å². The molecule has 3 heterocycles. The number of aromatic nitrogens is 2. The van der Waals surface area contributed by atoms with Crippen LogP contribution in [-0.2, 0) is 0 Å². The van der Waals surface area contributed by atoms with Crippen molar-refractivity contribution < 1.29 is 0 Å². The second-order valence-electron chi connectivity index (χ2n) is 11.5. The Kier molecular flexibility index (Phi) is 4.62. The molecule has 0 aliphatic rings. The van der Waals surface area contributed by atoms with Gasteiger partial charge in [-0.1, -0.05) is 113 Å². The molecule has 200 valence electrons. The van der Waals surface area contributed by atoms with Gasteiger partial charge in [0.2, 0.25) is 0 Å². The summed E-state index contributed by atoms with van der Waals surface area (Å²) in [6, 6.07) is 51.1. The van der Waals surface area contributed by atoms with Crippen molar-refractivity contribution in [1.29, 1.82) is 0 Å². The predicted octanol–water partition coefficient (Wildman–Crippen LogP) is 11.5. The molecule has 10 rings (SSSR count). The van der Waals surface area contributed by atoms with Crippen LogP contribution in [0.1, 0.15) is 0 Å². The van der Waals surface area contributed by atoms with Crippen molar-refractivity contribution in [2.75, 3.05) is 0 Å². The molecule has 0 spiro atoms. The Morgan fingerprint density at radius 3 is 1.74 bits per heavy atom. The zero-order chi connectivity index (χ0) is 28.2. The van der Waals surface area contributed by atoms with Crippen LogP contribution in [0.4, 0.5) is 0 Å². The Morgan fingerprint density at radius 2 is 0.977 bits per heavy atom. The van der Waals surface area contributed by atoms with Crippen molar-refractivity contribution in [3.8, 4) is 16.8 Å². The third-order valence-electron chi connectivity index (χ3n) is 9.29. The summed E-state index contributed by atoms with van der Waals surface area (Å²) >= 11 is 3.91. The van der Waals surface area contributed by atoms with Crippen LogP contribution in [-0.4, -0.2) is 8.97 Å². The van der Waals surface area contributed by atoms with E-state index in [2.05, 4.69) is 164 Å². The molecule has 2 nitrogen and oxygen atoms in total. The summed E-state index contributed by atoms with van der Waals surface area (Å²) in [4.78, 5) is 0. The van der Waals surface area contributed by atoms with Crippen molar-refractivity contribution in [3.63, 3.8) is 0 Å². The molecular formula is C40H23BrN2. The molecule has 0 fully saturated rings. The van der Waals surface area contributed by atoms with Crippen molar-refractivity contribution in [2.24, 2.45) is 0 Å². The Bertz CT molecular complexity index is 2690. The SMILES string of the molecule is Brc1cc2c3ccc(-c4cccc(-n5c6ccccc6c6ccccc65)c4)cc3n3c4ccccc4c4cccc1c4c23. The summed E-state index contributed by atoms with van der Waals surface area (Å²) in [6.07, 6.45) is 0. The molecule has 0 saturated carbocycles. The number of para-hydroxylation sites is 3. The molecule has 10 aromatic rings. The predicted molar refractivity (Wildman–Crippen MR) is 186 cm³/mol. The highest BCUT2D eigenvalue weighted by molar-refractivity contribution is 9.10. The standard InChI is InChI=1S/C40H23BrN2/c41-34-23-33-30-20-19-25(22-38(30)43-37-18-6-3-13-29(37)31-14-8-15-32(34)39(31)40(33)43)24-9-7-10-26(21-24)42-35-16-4-1-11-27(35)28-12-2-5-17-36(28)42/h1-23H. The molecule has 0 bridgehead atoms. The van der Waals surface area contributed by atoms with Gasteiger partial charge in [-0.15, -0.1) is 0 Å². The lowest BCUT2D eigenvalue weighted by molar-refractivity contribution is 1.18.